The fourth-order valence-corrected chi connectivity index (χ4v) is 6.07. The van der Waals surface area contributed by atoms with E-state index in [4.69, 9.17) is 23.1 Å². The number of nitrogens with zero attached hydrogens (tertiary/aromatic N) is 5. The highest BCUT2D eigenvalue weighted by Crippen LogP contribution is 2.36. The second-order valence-corrected chi connectivity index (χ2v) is 20.5. The Bertz CT molecular complexity index is 1530. The number of carbonyl (C=O) groups is 1. The van der Waals surface area contributed by atoms with E-state index in [-0.39, 0.29) is 23.9 Å². The molecule has 3 aromatic rings. The molecule has 0 fully saturated rings. The first kappa shape index (κ1) is 37.4. The van der Waals surface area contributed by atoms with Crippen LogP contribution in [0, 0.1) is 0 Å². The minimum Gasteiger partial charge on any atom is -0.504 e. The molecule has 0 aliphatic carbocycles. The molecule has 0 saturated carbocycles. The molecule has 14 heteroatoms. The molecule has 2 heterocycles. The van der Waals surface area contributed by atoms with E-state index in [1.54, 1.807) is 66.3 Å². The summed E-state index contributed by atoms with van der Waals surface area (Å²) in [7, 11) is -0.567. The first-order valence-electron chi connectivity index (χ1n) is 15.3. The number of aromatic hydroxyl groups is 1. The van der Waals surface area contributed by atoms with Crippen molar-refractivity contribution in [3.63, 3.8) is 0 Å². The Balaban J connectivity index is 1.96. The zero-order chi connectivity index (χ0) is 34.7. The van der Waals surface area contributed by atoms with Gasteiger partial charge in [0.05, 0.1) is 18.9 Å². The van der Waals surface area contributed by atoms with Gasteiger partial charge in [-0.2, -0.15) is 9.40 Å². The third kappa shape index (κ3) is 9.98. The molecule has 46 heavy (non-hydrogen) atoms. The molecule has 0 aliphatic heterocycles. The van der Waals surface area contributed by atoms with Crippen LogP contribution >= 0.6 is 0 Å². The molecule has 1 amide bonds. The minimum atomic E-state index is -2.05. The monoisotopic (exact) mass is 677 g/mol. The van der Waals surface area contributed by atoms with Crippen LogP contribution in [-0.4, -0.2) is 87.2 Å². The Morgan fingerprint density at radius 3 is 2.24 bits per heavy atom. The van der Waals surface area contributed by atoms with Gasteiger partial charge in [0.2, 0.25) is 11.3 Å². The highest BCUT2D eigenvalue weighted by Gasteiger charge is 2.37. The minimum absolute atomic E-state index is 0.0195. The maximum atomic E-state index is 13.6. The molecule has 0 saturated heterocycles. The maximum Gasteiger partial charge on any atom is 0.416 e. The van der Waals surface area contributed by atoms with Crippen molar-refractivity contribution in [1.29, 1.82) is 0 Å². The molecule has 0 bridgehead atoms. The molecular formula is C32H51N5O7SSi. The first-order valence-corrected chi connectivity index (χ1v) is 19.3. The highest BCUT2D eigenvalue weighted by molar-refractivity contribution is 7.77. The summed E-state index contributed by atoms with van der Waals surface area (Å²) in [5.74, 6) is 0.646. The average Bonchev–Trinajstić information content (AvgIpc) is 3.33. The highest BCUT2D eigenvalue weighted by atomic mass is 32.2. The van der Waals surface area contributed by atoms with Crippen LogP contribution in [0.3, 0.4) is 0 Å². The SMILES string of the molecule is COc1ccc(-c2cnn3ccc(N(CCN(CCO[Si](C)(C)C(C)(C)C)S(=O)OC(C)(C)C)C(=O)OC(C)(C)C)nc23)cc1O. The fraction of sp³-hybridized carbons (Fsp3) is 0.594. The standard InChI is InChI=1S/C32H51N5O7SSi/c1-30(2,3)43-29(39)36(18-17-35(45(40)44-31(4,5)6)19-20-42-46(11,12)32(7,8)9)27-15-16-37-28(34-27)24(22-33-37)23-13-14-26(41-10)25(38)21-23/h13-16,21-22,38H,17-20H2,1-12H3. The molecule has 1 aromatic carbocycles. The van der Waals surface area contributed by atoms with E-state index < -0.39 is 36.9 Å². The van der Waals surface area contributed by atoms with E-state index >= 15 is 0 Å². The van der Waals surface area contributed by atoms with Crippen LogP contribution in [0.1, 0.15) is 62.3 Å². The van der Waals surface area contributed by atoms with Gasteiger partial charge >= 0.3 is 6.09 Å². The van der Waals surface area contributed by atoms with Gasteiger partial charge in [-0.3, -0.25) is 9.08 Å². The van der Waals surface area contributed by atoms with Crippen LogP contribution in [-0.2, 0) is 24.6 Å². The summed E-state index contributed by atoms with van der Waals surface area (Å²) < 4.78 is 39.9. The van der Waals surface area contributed by atoms with E-state index in [0.29, 0.717) is 41.5 Å². The normalized spacial score (nSPS) is 13.7. The second-order valence-electron chi connectivity index (χ2n) is 14.6. The van der Waals surface area contributed by atoms with Crippen molar-refractivity contribution in [3.8, 4) is 22.6 Å². The molecular weight excluding hydrogens is 627 g/mol. The quantitative estimate of drug-likeness (QED) is 0.212. The van der Waals surface area contributed by atoms with Gasteiger partial charge in [-0.05, 0) is 83.4 Å². The Hall–Kier alpha value is -3.04. The van der Waals surface area contributed by atoms with Gasteiger partial charge in [-0.1, -0.05) is 26.8 Å². The Morgan fingerprint density at radius 2 is 1.67 bits per heavy atom. The lowest BCUT2D eigenvalue weighted by Crippen LogP contribution is -2.46. The molecule has 0 radical (unpaired) electrons. The predicted octanol–water partition coefficient (Wildman–Crippen LogP) is 6.57. The van der Waals surface area contributed by atoms with E-state index in [9.17, 15) is 14.1 Å². The van der Waals surface area contributed by atoms with E-state index in [1.807, 2.05) is 20.8 Å². The first-order chi connectivity index (χ1) is 21.1. The van der Waals surface area contributed by atoms with Gasteiger partial charge in [0.25, 0.3) is 0 Å². The third-order valence-corrected chi connectivity index (χ3v) is 13.4. The summed E-state index contributed by atoms with van der Waals surface area (Å²) in [6.07, 6.45) is 2.74. The number of fused-ring (bicyclic) bond motifs is 1. The number of benzene rings is 1. The van der Waals surface area contributed by atoms with Gasteiger partial charge in [0.1, 0.15) is 11.4 Å². The van der Waals surface area contributed by atoms with Crippen molar-refractivity contribution in [2.24, 2.45) is 0 Å². The van der Waals surface area contributed by atoms with Crippen molar-refractivity contribution in [1.82, 2.24) is 18.9 Å². The number of anilines is 1. The number of rotatable bonds is 12. The van der Waals surface area contributed by atoms with Gasteiger partial charge in [-0.15, -0.1) is 0 Å². The number of aromatic nitrogens is 3. The smallest absolute Gasteiger partial charge is 0.416 e. The van der Waals surface area contributed by atoms with Crippen molar-refractivity contribution in [3.05, 3.63) is 36.7 Å². The van der Waals surface area contributed by atoms with Crippen LogP contribution in [0.5, 0.6) is 11.5 Å². The zero-order valence-electron chi connectivity index (χ0n) is 29.3. The van der Waals surface area contributed by atoms with Gasteiger partial charge in [0, 0.05) is 38.0 Å². The molecule has 1 unspecified atom stereocenters. The summed E-state index contributed by atoms with van der Waals surface area (Å²) in [4.78, 5) is 19.8. The van der Waals surface area contributed by atoms with Gasteiger partial charge in [-0.25, -0.2) is 18.5 Å². The predicted molar refractivity (Wildman–Crippen MR) is 184 cm³/mol. The Labute approximate surface area is 276 Å². The fourth-order valence-electron chi connectivity index (χ4n) is 4.05. The molecule has 256 valence electrons. The van der Waals surface area contributed by atoms with Crippen molar-refractivity contribution in [2.75, 3.05) is 38.3 Å². The third-order valence-electron chi connectivity index (χ3n) is 7.45. The zero-order valence-corrected chi connectivity index (χ0v) is 31.2. The Morgan fingerprint density at radius 1 is 1.00 bits per heavy atom. The van der Waals surface area contributed by atoms with Crippen molar-refractivity contribution >= 4 is 37.1 Å². The van der Waals surface area contributed by atoms with E-state index in [0.717, 1.165) is 0 Å². The lowest BCUT2D eigenvalue weighted by atomic mass is 10.1. The summed E-state index contributed by atoms with van der Waals surface area (Å²) in [5, 5.41) is 14.8. The maximum absolute atomic E-state index is 13.6. The second kappa shape index (κ2) is 14.4. The molecule has 0 spiro atoms. The van der Waals surface area contributed by atoms with Crippen molar-refractivity contribution < 1.29 is 32.2 Å². The summed E-state index contributed by atoms with van der Waals surface area (Å²) in [6, 6.07) is 6.70. The largest absolute Gasteiger partial charge is 0.504 e. The number of hydrogen-bond acceptors (Lipinski definition) is 9. The van der Waals surface area contributed by atoms with Crippen LogP contribution in [0.25, 0.3) is 16.8 Å². The number of hydrogen-bond donors (Lipinski definition) is 1. The molecule has 3 rings (SSSR count). The van der Waals surface area contributed by atoms with E-state index in [2.05, 4.69) is 39.0 Å². The lowest BCUT2D eigenvalue weighted by Gasteiger charge is -2.37. The number of carbonyl (C=O) groups excluding carboxylic acids is 1. The van der Waals surface area contributed by atoms with Crippen molar-refractivity contribution in [2.45, 2.75) is 91.6 Å². The van der Waals surface area contributed by atoms with Crippen LogP contribution < -0.4 is 9.64 Å². The van der Waals surface area contributed by atoms with E-state index in [1.165, 1.54) is 12.0 Å². The number of methoxy groups -OCH3 is 1. The van der Waals surface area contributed by atoms with Crippen LogP contribution in [0.15, 0.2) is 36.7 Å². The summed E-state index contributed by atoms with van der Waals surface area (Å²) in [6.45, 7) is 22.7. The van der Waals surface area contributed by atoms with Gasteiger partial charge in [0.15, 0.2) is 25.5 Å². The molecule has 1 N–H and O–H groups in total. The average molecular weight is 678 g/mol. The topological polar surface area (TPSA) is 128 Å². The van der Waals surface area contributed by atoms with Crippen LogP contribution in [0.2, 0.25) is 18.1 Å². The molecule has 12 nitrogen and oxygen atoms in total. The van der Waals surface area contributed by atoms with Crippen LogP contribution in [0.4, 0.5) is 10.6 Å². The Kier molecular flexibility index (Phi) is 11.7. The molecule has 1 atom stereocenters. The number of ether oxygens (including phenoxy) is 2. The number of phenolic OH excluding ortho intramolecular Hbond substituents is 1. The number of amides is 1. The summed E-state index contributed by atoms with van der Waals surface area (Å²) in [5.41, 5.74) is 0.360. The number of phenols is 1. The lowest BCUT2D eigenvalue weighted by molar-refractivity contribution is 0.0576. The molecule has 2 aromatic heterocycles. The van der Waals surface area contributed by atoms with Gasteiger partial charge < -0.3 is 19.0 Å². The summed E-state index contributed by atoms with van der Waals surface area (Å²) >= 11 is -1.81. The molecule has 0 aliphatic rings.